The topological polar surface area (TPSA) is 57.3 Å². The number of nitrogens with zero attached hydrogens (tertiary/aromatic N) is 2. The van der Waals surface area contributed by atoms with E-state index in [4.69, 9.17) is 4.98 Å². The van der Waals surface area contributed by atoms with Crippen LogP contribution < -0.4 is 15.5 Å². The van der Waals surface area contributed by atoms with Crippen LogP contribution in [0.5, 0.6) is 0 Å². The number of alkyl halides is 3. The van der Waals surface area contributed by atoms with Gasteiger partial charge in [0.05, 0.1) is 22.2 Å². The lowest BCUT2D eigenvalue weighted by molar-refractivity contribution is -0.138. The van der Waals surface area contributed by atoms with E-state index in [1.165, 1.54) is 44.7 Å². The molecule has 3 heterocycles. The summed E-state index contributed by atoms with van der Waals surface area (Å²) in [5.74, 6) is 0.0658. The van der Waals surface area contributed by atoms with Gasteiger partial charge in [0.15, 0.2) is 0 Å². The first-order valence-electron chi connectivity index (χ1n) is 14.2. The molecule has 0 unspecified atom stereocenters. The van der Waals surface area contributed by atoms with Crippen molar-refractivity contribution in [1.82, 2.24) is 4.98 Å². The molecule has 1 saturated carbocycles. The number of carbonyl (C=O) groups is 1. The van der Waals surface area contributed by atoms with E-state index >= 15 is 0 Å². The molecule has 0 spiro atoms. The van der Waals surface area contributed by atoms with E-state index < -0.39 is 17.7 Å². The number of piperidine rings is 1. The third-order valence-corrected chi connectivity index (χ3v) is 9.30. The van der Waals surface area contributed by atoms with Crippen LogP contribution in [0, 0.1) is 12.8 Å². The van der Waals surface area contributed by atoms with Crippen LogP contribution in [-0.2, 0) is 11.0 Å². The molecule has 1 saturated heterocycles. The minimum absolute atomic E-state index is 0.124. The maximum absolute atomic E-state index is 13.8. The van der Waals surface area contributed by atoms with Gasteiger partial charge in [-0.05, 0) is 90.9 Å². The number of pyridine rings is 1. The lowest BCUT2D eigenvalue weighted by atomic mass is 9.83. The van der Waals surface area contributed by atoms with Gasteiger partial charge >= 0.3 is 6.18 Å². The summed E-state index contributed by atoms with van der Waals surface area (Å²) in [7, 11) is 0. The van der Waals surface area contributed by atoms with Crippen molar-refractivity contribution in [3.8, 4) is 0 Å². The average Bonchev–Trinajstić information content (AvgIpc) is 3.66. The lowest BCUT2D eigenvalue weighted by Crippen LogP contribution is -2.44. The molecule has 1 aliphatic heterocycles. The summed E-state index contributed by atoms with van der Waals surface area (Å²) in [6.45, 7) is 2.15. The van der Waals surface area contributed by atoms with Crippen LogP contribution >= 0.6 is 11.3 Å². The van der Waals surface area contributed by atoms with Crippen molar-refractivity contribution in [3.63, 3.8) is 0 Å². The molecule has 2 aromatic heterocycles. The van der Waals surface area contributed by atoms with Crippen molar-refractivity contribution >= 4 is 44.5 Å². The Hall–Kier alpha value is -3.59. The van der Waals surface area contributed by atoms with Gasteiger partial charge in [-0.3, -0.25) is 4.79 Å². The molecule has 2 aliphatic rings. The number of hydrogen-bond acceptors (Lipinski definition) is 5. The Morgan fingerprint density at radius 2 is 1.73 bits per heavy atom. The Morgan fingerprint density at radius 1 is 0.976 bits per heavy atom. The Morgan fingerprint density at radius 3 is 2.49 bits per heavy atom. The summed E-state index contributed by atoms with van der Waals surface area (Å²) in [4.78, 5) is 20.8. The van der Waals surface area contributed by atoms with Crippen molar-refractivity contribution in [2.75, 3.05) is 22.1 Å². The summed E-state index contributed by atoms with van der Waals surface area (Å²) < 4.78 is 41.8. The third kappa shape index (κ3) is 5.77. The van der Waals surface area contributed by atoms with Gasteiger partial charge in [0.2, 0.25) is 5.91 Å². The molecule has 4 aromatic rings. The highest BCUT2D eigenvalue weighted by atomic mass is 32.1. The monoisotopic (exact) mass is 578 g/mol. The van der Waals surface area contributed by atoms with Crippen molar-refractivity contribution in [2.24, 2.45) is 5.92 Å². The Balaban J connectivity index is 1.34. The summed E-state index contributed by atoms with van der Waals surface area (Å²) in [5, 5.41) is 9.58. The first-order chi connectivity index (χ1) is 19.8. The van der Waals surface area contributed by atoms with Crippen LogP contribution in [0.25, 0.3) is 10.1 Å². The standard InChI is InChI=1S/C32H33F3N4OS/c1-20-8-11-25(19-27(20)32(33,34)35)38-31(40)26-7-4-17-39(30-29-22(14-16-36-30)15-18-41-29)28(26)21-9-12-24(13-10-21)37-23-5-2-3-6-23/h8-16,18-19,23,26,28,37H,2-7,17H2,1H3,(H,38,40)/t26-,28-/m0/s1. The second kappa shape index (κ2) is 11.4. The van der Waals surface area contributed by atoms with E-state index in [1.807, 2.05) is 11.4 Å². The number of anilines is 3. The fourth-order valence-electron chi connectivity index (χ4n) is 6.33. The maximum Gasteiger partial charge on any atom is 0.416 e. The molecule has 41 heavy (non-hydrogen) atoms. The highest BCUT2D eigenvalue weighted by Crippen LogP contribution is 2.43. The van der Waals surface area contributed by atoms with Gasteiger partial charge in [-0.2, -0.15) is 13.2 Å². The van der Waals surface area contributed by atoms with Crippen molar-refractivity contribution in [3.05, 3.63) is 82.9 Å². The number of hydrogen-bond donors (Lipinski definition) is 2. The summed E-state index contributed by atoms with van der Waals surface area (Å²) in [5.41, 5.74) is 1.58. The maximum atomic E-state index is 13.8. The van der Waals surface area contributed by atoms with Crippen LogP contribution in [0.4, 0.5) is 30.4 Å². The predicted molar refractivity (Wildman–Crippen MR) is 160 cm³/mol. The number of benzene rings is 2. The van der Waals surface area contributed by atoms with E-state index in [9.17, 15) is 18.0 Å². The molecule has 214 valence electrons. The molecule has 2 aromatic carbocycles. The van der Waals surface area contributed by atoms with E-state index in [0.717, 1.165) is 46.2 Å². The van der Waals surface area contributed by atoms with Gasteiger partial charge in [0.25, 0.3) is 0 Å². The summed E-state index contributed by atoms with van der Waals surface area (Å²) in [6, 6.07) is 16.5. The molecular weight excluding hydrogens is 545 g/mol. The first-order valence-corrected chi connectivity index (χ1v) is 15.1. The van der Waals surface area contributed by atoms with Gasteiger partial charge < -0.3 is 15.5 Å². The largest absolute Gasteiger partial charge is 0.416 e. The molecule has 6 rings (SSSR count). The molecular formula is C32H33F3N4OS. The van der Waals surface area contributed by atoms with E-state index in [-0.39, 0.29) is 23.2 Å². The highest BCUT2D eigenvalue weighted by molar-refractivity contribution is 7.17. The van der Waals surface area contributed by atoms with Crippen LogP contribution in [0.15, 0.2) is 66.2 Å². The molecule has 2 atom stereocenters. The molecule has 5 nitrogen and oxygen atoms in total. The average molecular weight is 579 g/mol. The molecule has 0 radical (unpaired) electrons. The first kappa shape index (κ1) is 27.6. The zero-order valence-corrected chi connectivity index (χ0v) is 23.7. The van der Waals surface area contributed by atoms with E-state index in [2.05, 4.69) is 45.9 Å². The van der Waals surface area contributed by atoms with E-state index in [1.54, 1.807) is 17.5 Å². The van der Waals surface area contributed by atoms with Crippen molar-refractivity contribution < 1.29 is 18.0 Å². The highest BCUT2D eigenvalue weighted by Gasteiger charge is 2.39. The molecule has 1 amide bonds. The van der Waals surface area contributed by atoms with Gasteiger partial charge in [-0.25, -0.2) is 4.98 Å². The molecule has 2 N–H and O–H groups in total. The van der Waals surface area contributed by atoms with Gasteiger partial charge in [-0.1, -0.05) is 31.0 Å². The fourth-order valence-corrected chi connectivity index (χ4v) is 7.22. The third-order valence-electron chi connectivity index (χ3n) is 8.38. The van der Waals surface area contributed by atoms with Crippen LogP contribution in [0.3, 0.4) is 0 Å². The second-order valence-corrected chi connectivity index (χ2v) is 12.0. The Labute approximate surface area is 241 Å². The van der Waals surface area contributed by atoms with Crippen LogP contribution in [-0.4, -0.2) is 23.5 Å². The zero-order chi connectivity index (χ0) is 28.6. The van der Waals surface area contributed by atoms with Crippen molar-refractivity contribution in [2.45, 2.75) is 63.7 Å². The van der Waals surface area contributed by atoms with Gasteiger partial charge in [0.1, 0.15) is 5.82 Å². The van der Waals surface area contributed by atoms with Crippen LogP contribution in [0.1, 0.15) is 61.3 Å². The molecule has 0 bridgehead atoms. The smallest absolute Gasteiger partial charge is 0.382 e. The predicted octanol–water partition coefficient (Wildman–Crippen LogP) is 8.57. The molecule has 9 heteroatoms. The Kier molecular flexibility index (Phi) is 7.64. The van der Waals surface area contributed by atoms with Crippen molar-refractivity contribution in [1.29, 1.82) is 0 Å². The number of carbonyl (C=O) groups excluding carboxylic acids is 1. The molecule has 2 fully saturated rings. The summed E-state index contributed by atoms with van der Waals surface area (Å²) in [6.07, 6.45) is 3.53. The number of fused-ring (bicyclic) bond motifs is 1. The zero-order valence-electron chi connectivity index (χ0n) is 22.9. The molecule has 1 aliphatic carbocycles. The number of amides is 1. The summed E-state index contributed by atoms with van der Waals surface area (Å²) >= 11 is 1.62. The SMILES string of the molecule is Cc1ccc(NC(=O)[C@H]2CCCN(c3nccc4ccsc34)[C@H]2c2ccc(NC3CCCC3)cc2)cc1C(F)(F)F. The Bertz CT molecular complexity index is 1530. The van der Waals surface area contributed by atoms with Gasteiger partial charge in [-0.15, -0.1) is 11.3 Å². The second-order valence-electron chi connectivity index (χ2n) is 11.1. The van der Waals surface area contributed by atoms with Crippen LogP contribution in [0.2, 0.25) is 0 Å². The fraction of sp³-hybridized carbons (Fsp3) is 0.375. The number of rotatable bonds is 6. The minimum atomic E-state index is -4.49. The number of thiophene rings is 1. The number of nitrogens with one attached hydrogen (secondary N) is 2. The number of aromatic nitrogens is 1. The number of halogens is 3. The number of aryl methyl sites for hydroxylation is 1. The minimum Gasteiger partial charge on any atom is -0.382 e. The van der Waals surface area contributed by atoms with E-state index in [0.29, 0.717) is 12.5 Å². The normalized spacial score (nSPS) is 20.0. The van der Waals surface area contributed by atoms with Gasteiger partial charge in [0, 0.05) is 30.2 Å². The lowest BCUT2D eigenvalue weighted by Gasteiger charge is -2.42. The quantitative estimate of drug-likeness (QED) is 0.241.